The number of carbonyl (C=O) groups excluding carboxylic acids is 1. The predicted octanol–water partition coefficient (Wildman–Crippen LogP) is 1.44. The first kappa shape index (κ1) is 14.5. The Morgan fingerprint density at radius 1 is 1.39 bits per heavy atom. The minimum Gasteiger partial charge on any atom is -0.399 e. The highest BCUT2D eigenvalue weighted by molar-refractivity contribution is 5.76. The van der Waals surface area contributed by atoms with E-state index in [0.717, 1.165) is 24.3 Å². The Kier molecular flexibility index (Phi) is 5.65. The summed E-state index contributed by atoms with van der Waals surface area (Å²) in [5.74, 6) is 0.393. The second-order valence-electron chi connectivity index (χ2n) is 4.69. The van der Waals surface area contributed by atoms with Crippen molar-refractivity contribution in [1.82, 2.24) is 10.2 Å². The molecule has 3 N–H and O–H groups in total. The van der Waals surface area contributed by atoms with Gasteiger partial charge in [-0.25, -0.2) is 0 Å². The van der Waals surface area contributed by atoms with Crippen LogP contribution >= 0.6 is 0 Å². The van der Waals surface area contributed by atoms with E-state index in [4.69, 9.17) is 5.73 Å². The summed E-state index contributed by atoms with van der Waals surface area (Å²) in [6.45, 7) is 3.62. The molecule has 4 heteroatoms. The lowest BCUT2D eigenvalue weighted by Crippen LogP contribution is -2.33. The first-order chi connectivity index (χ1) is 8.54. The zero-order valence-electron chi connectivity index (χ0n) is 11.4. The molecule has 1 amide bonds. The van der Waals surface area contributed by atoms with Crippen molar-refractivity contribution in [3.05, 3.63) is 29.8 Å². The van der Waals surface area contributed by atoms with Gasteiger partial charge in [0, 0.05) is 32.2 Å². The van der Waals surface area contributed by atoms with Crippen LogP contribution in [0.5, 0.6) is 0 Å². The average Bonchev–Trinajstić information content (AvgIpc) is 2.36. The molecule has 0 aliphatic carbocycles. The SMILES string of the molecule is CNCCN(C)C(=O)CC(C)c1ccc(N)cc1. The lowest BCUT2D eigenvalue weighted by Gasteiger charge is -2.19. The molecule has 0 saturated carbocycles. The molecule has 1 aromatic carbocycles. The van der Waals surface area contributed by atoms with Crippen molar-refractivity contribution in [1.29, 1.82) is 0 Å². The van der Waals surface area contributed by atoms with Gasteiger partial charge in [0.2, 0.25) is 5.91 Å². The van der Waals surface area contributed by atoms with E-state index in [1.54, 1.807) is 4.90 Å². The number of rotatable bonds is 6. The number of nitrogens with two attached hydrogens (primary N) is 1. The van der Waals surface area contributed by atoms with Gasteiger partial charge in [0.25, 0.3) is 0 Å². The number of anilines is 1. The molecule has 1 aromatic rings. The van der Waals surface area contributed by atoms with Crippen LogP contribution in [-0.2, 0) is 4.79 Å². The Balaban J connectivity index is 2.51. The summed E-state index contributed by atoms with van der Waals surface area (Å²) in [6, 6.07) is 7.73. The van der Waals surface area contributed by atoms with E-state index >= 15 is 0 Å². The van der Waals surface area contributed by atoms with Crippen molar-refractivity contribution in [3.8, 4) is 0 Å². The van der Waals surface area contributed by atoms with Gasteiger partial charge < -0.3 is 16.0 Å². The zero-order valence-corrected chi connectivity index (χ0v) is 11.4. The van der Waals surface area contributed by atoms with Crippen LogP contribution in [0.25, 0.3) is 0 Å². The molecule has 1 atom stereocenters. The Morgan fingerprint density at radius 3 is 2.56 bits per heavy atom. The van der Waals surface area contributed by atoms with Gasteiger partial charge in [0.05, 0.1) is 0 Å². The second-order valence-corrected chi connectivity index (χ2v) is 4.69. The van der Waals surface area contributed by atoms with E-state index in [2.05, 4.69) is 12.2 Å². The molecule has 1 unspecified atom stereocenters. The largest absolute Gasteiger partial charge is 0.399 e. The Bertz CT molecular complexity index is 375. The lowest BCUT2D eigenvalue weighted by molar-refractivity contribution is -0.130. The van der Waals surface area contributed by atoms with Crippen LogP contribution < -0.4 is 11.1 Å². The summed E-state index contributed by atoms with van der Waals surface area (Å²) in [6.07, 6.45) is 0.532. The molecule has 0 aliphatic heterocycles. The third-order valence-corrected chi connectivity index (χ3v) is 3.11. The minimum atomic E-state index is 0.176. The molecule has 0 bridgehead atoms. The first-order valence-corrected chi connectivity index (χ1v) is 6.28. The summed E-state index contributed by atoms with van der Waals surface area (Å²) >= 11 is 0. The molecule has 100 valence electrons. The highest BCUT2D eigenvalue weighted by atomic mass is 16.2. The van der Waals surface area contributed by atoms with Crippen LogP contribution in [0.3, 0.4) is 0 Å². The van der Waals surface area contributed by atoms with Crippen LogP contribution in [0.15, 0.2) is 24.3 Å². The molecule has 0 spiro atoms. The maximum atomic E-state index is 12.0. The van der Waals surface area contributed by atoms with Gasteiger partial charge in [-0.3, -0.25) is 4.79 Å². The van der Waals surface area contributed by atoms with E-state index < -0.39 is 0 Å². The van der Waals surface area contributed by atoms with Gasteiger partial charge in [-0.15, -0.1) is 0 Å². The summed E-state index contributed by atoms with van der Waals surface area (Å²) in [7, 11) is 3.73. The molecule has 0 radical (unpaired) electrons. The van der Waals surface area contributed by atoms with Crippen molar-refractivity contribution in [2.75, 3.05) is 32.9 Å². The molecule has 0 aromatic heterocycles. The van der Waals surface area contributed by atoms with Crippen LogP contribution in [0.4, 0.5) is 5.69 Å². The average molecular weight is 249 g/mol. The highest BCUT2D eigenvalue weighted by Crippen LogP contribution is 2.20. The van der Waals surface area contributed by atoms with Crippen molar-refractivity contribution in [2.24, 2.45) is 0 Å². The van der Waals surface area contributed by atoms with E-state index in [-0.39, 0.29) is 11.8 Å². The molecule has 0 saturated heterocycles. The minimum absolute atomic E-state index is 0.176. The van der Waals surface area contributed by atoms with Crippen molar-refractivity contribution in [3.63, 3.8) is 0 Å². The third kappa shape index (κ3) is 4.37. The van der Waals surface area contributed by atoms with E-state index in [0.29, 0.717) is 6.42 Å². The molecule has 0 aliphatic rings. The van der Waals surface area contributed by atoms with Gasteiger partial charge >= 0.3 is 0 Å². The number of benzene rings is 1. The first-order valence-electron chi connectivity index (χ1n) is 6.28. The number of hydrogen-bond acceptors (Lipinski definition) is 3. The maximum absolute atomic E-state index is 12.0. The maximum Gasteiger partial charge on any atom is 0.222 e. The molecule has 0 fully saturated rings. The van der Waals surface area contributed by atoms with Gasteiger partial charge in [0.1, 0.15) is 0 Å². The zero-order chi connectivity index (χ0) is 13.5. The van der Waals surface area contributed by atoms with Crippen molar-refractivity contribution >= 4 is 11.6 Å². The fourth-order valence-electron chi connectivity index (χ4n) is 1.76. The quantitative estimate of drug-likeness (QED) is 0.750. The predicted molar refractivity (Wildman–Crippen MR) is 75.5 cm³/mol. The summed E-state index contributed by atoms with van der Waals surface area (Å²) in [5.41, 5.74) is 7.55. The smallest absolute Gasteiger partial charge is 0.222 e. The van der Waals surface area contributed by atoms with Crippen molar-refractivity contribution in [2.45, 2.75) is 19.3 Å². The Morgan fingerprint density at radius 2 is 2.00 bits per heavy atom. The fraction of sp³-hybridized carbons (Fsp3) is 0.500. The molecule has 0 heterocycles. The summed E-state index contributed by atoms with van der Waals surface area (Å²) in [4.78, 5) is 13.7. The summed E-state index contributed by atoms with van der Waals surface area (Å²) < 4.78 is 0. The number of nitrogens with one attached hydrogen (secondary N) is 1. The Labute approximate surface area is 109 Å². The summed E-state index contributed by atoms with van der Waals surface area (Å²) in [5, 5.41) is 3.04. The monoisotopic (exact) mass is 249 g/mol. The van der Waals surface area contributed by atoms with Crippen LogP contribution in [0.1, 0.15) is 24.8 Å². The molecular weight excluding hydrogens is 226 g/mol. The van der Waals surface area contributed by atoms with Gasteiger partial charge in [0.15, 0.2) is 0 Å². The van der Waals surface area contributed by atoms with Gasteiger partial charge in [-0.05, 0) is 30.7 Å². The normalized spacial score (nSPS) is 12.2. The standard InChI is InChI=1S/C14H23N3O/c1-11(12-4-6-13(15)7-5-12)10-14(18)17(3)9-8-16-2/h4-7,11,16H,8-10,15H2,1-3H3. The molecule has 18 heavy (non-hydrogen) atoms. The number of amides is 1. The van der Waals surface area contributed by atoms with E-state index in [1.165, 1.54) is 0 Å². The van der Waals surface area contributed by atoms with Crippen LogP contribution in [0, 0.1) is 0 Å². The number of likely N-dealkylation sites (N-methyl/N-ethyl adjacent to an activating group) is 2. The van der Waals surface area contributed by atoms with Crippen LogP contribution in [0.2, 0.25) is 0 Å². The number of nitrogens with zero attached hydrogens (tertiary/aromatic N) is 1. The fourth-order valence-corrected chi connectivity index (χ4v) is 1.76. The molecule has 4 nitrogen and oxygen atoms in total. The number of hydrogen-bond donors (Lipinski definition) is 2. The van der Waals surface area contributed by atoms with Crippen LogP contribution in [-0.4, -0.2) is 38.0 Å². The number of carbonyl (C=O) groups is 1. The third-order valence-electron chi connectivity index (χ3n) is 3.11. The van der Waals surface area contributed by atoms with Gasteiger partial charge in [-0.1, -0.05) is 19.1 Å². The molecule has 1 rings (SSSR count). The second kappa shape index (κ2) is 7.01. The van der Waals surface area contributed by atoms with E-state index in [9.17, 15) is 4.79 Å². The lowest BCUT2D eigenvalue weighted by atomic mass is 9.97. The van der Waals surface area contributed by atoms with Gasteiger partial charge in [-0.2, -0.15) is 0 Å². The van der Waals surface area contributed by atoms with Crippen molar-refractivity contribution < 1.29 is 4.79 Å². The molecular formula is C14H23N3O. The number of nitrogen functional groups attached to an aromatic ring is 1. The highest BCUT2D eigenvalue weighted by Gasteiger charge is 2.14. The van der Waals surface area contributed by atoms with E-state index in [1.807, 2.05) is 38.4 Å². The Hall–Kier alpha value is -1.55. The topological polar surface area (TPSA) is 58.4 Å².